The molecule has 0 N–H and O–H groups in total. The Kier molecular flexibility index (Phi) is 4.63. The Bertz CT molecular complexity index is 678. The van der Waals surface area contributed by atoms with E-state index in [2.05, 4.69) is 35.3 Å². The predicted molar refractivity (Wildman–Crippen MR) is 89.5 cm³/mol. The largest absolute Gasteiger partial charge is 0.338 e. The summed E-state index contributed by atoms with van der Waals surface area (Å²) in [5.74, 6) is 0.621. The van der Waals surface area contributed by atoms with Crippen molar-refractivity contribution in [3.63, 3.8) is 0 Å². The first-order valence-corrected chi connectivity index (χ1v) is 8.35. The van der Waals surface area contributed by atoms with Crippen molar-refractivity contribution in [2.45, 2.75) is 11.6 Å². The molecule has 0 unspecified atom stereocenters. The smallest absolute Gasteiger partial charge is 0.233 e. The first-order valence-electron chi connectivity index (χ1n) is 7.36. The van der Waals surface area contributed by atoms with Crippen molar-refractivity contribution in [3.05, 3.63) is 54.4 Å². The van der Waals surface area contributed by atoms with E-state index in [4.69, 9.17) is 0 Å². The molecule has 0 radical (unpaired) electrons. The lowest BCUT2D eigenvalue weighted by Crippen LogP contribution is -2.35. The number of carbonyl (C=O) groups excluding carboxylic acids is 1. The van der Waals surface area contributed by atoms with E-state index in [1.165, 1.54) is 22.9 Å². The zero-order chi connectivity index (χ0) is 15.4. The average Bonchev–Trinajstić information content (AvgIpc) is 2.99. The minimum absolute atomic E-state index is 0.177. The highest BCUT2D eigenvalue weighted by Crippen LogP contribution is 2.23. The normalized spacial score (nSPS) is 14.8. The maximum absolute atomic E-state index is 12.3. The van der Waals surface area contributed by atoms with Gasteiger partial charge in [0.15, 0.2) is 5.16 Å². The van der Waals surface area contributed by atoms with Crippen molar-refractivity contribution < 1.29 is 4.79 Å². The molecular formula is C17H19N3OS. The molecule has 1 aliphatic heterocycles. The van der Waals surface area contributed by atoms with Gasteiger partial charge in [-0.05, 0) is 17.6 Å². The molecule has 1 aliphatic rings. The molecule has 2 heterocycles. The van der Waals surface area contributed by atoms with E-state index in [0.717, 1.165) is 18.1 Å². The predicted octanol–water partition coefficient (Wildman–Crippen LogP) is 2.83. The van der Waals surface area contributed by atoms with Crippen LogP contribution in [0.1, 0.15) is 12.0 Å². The Labute approximate surface area is 134 Å². The summed E-state index contributed by atoms with van der Waals surface area (Å²) in [7, 11) is 1.94. The van der Waals surface area contributed by atoms with E-state index in [-0.39, 0.29) is 5.91 Å². The number of nitrogens with zero attached hydrogens (tertiary/aromatic N) is 3. The molecule has 1 amide bonds. The van der Waals surface area contributed by atoms with Gasteiger partial charge < -0.3 is 9.47 Å². The maximum Gasteiger partial charge on any atom is 0.233 e. The number of aromatic nitrogens is 2. The topological polar surface area (TPSA) is 38.1 Å². The SMILES string of the molecule is Cn1ccnc1SCC(=O)N1CC=C(c2ccccc2)CC1. The number of rotatable bonds is 4. The minimum Gasteiger partial charge on any atom is -0.338 e. The van der Waals surface area contributed by atoms with Crippen LogP contribution in [0.15, 0.2) is 54.0 Å². The third kappa shape index (κ3) is 3.42. The fraction of sp³-hybridized carbons (Fsp3) is 0.294. The summed E-state index contributed by atoms with van der Waals surface area (Å²) in [6.45, 7) is 1.49. The van der Waals surface area contributed by atoms with Crippen LogP contribution in [0, 0.1) is 0 Å². The number of carbonyl (C=O) groups is 1. The van der Waals surface area contributed by atoms with Gasteiger partial charge in [0.1, 0.15) is 0 Å². The van der Waals surface area contributed by atoms with Gasteiger partial charge in [0.25, 0.3) is 0 Å². The van der Waals surface area contributed by atoms with Gasteiger partial charge in [-0.25, -0.2) is 4.98 Å². The lowest BCUT2D eigenvalue weighted by Gasteiger charge is -2.26. The van der Waals surface area contributed by atoms with E-state index in [9.17, 15) is 4.79 Å². The second-order valence-corrected chi connectivity index (χ2v) is 6.24. The molecule has 2 aromatic rings. The van der Waals surface area contributed by atoms with Gasteiger partial charge in [-0.1, -0.05) is 48.2 Å². The minimum atomic E-state index is 0.177. The van der Waals surface area contributed by atoms with Crippen LogP contribution in [0.25, 0.3) is 5.57 Å². The third-order valence-corrected chi connectivity index (χ3v) is 4.85. The second-order valence-electron chi connectivity index (χ2n) is 5.29. The fourth-order valence-corrected chi connectivity index (χ4v) is 3.35. The first-order chi connectivity index (χ1) is 10.7. The van der Waals surface area contributed by atoms with Crippen LogP contribution in [0.2, 0.25) is 0 Å². The van der Waals surface area contributed by atoms with Crippen LogP contribution in [0.4, 0.5) is 0 Å². The van der Waals surface area contributed by atoms with E-state index in [1.54, 1.807) is 6.20 Å². The summed E-state index contributed by atoms with van der Waals surface area (Å²) in [5, 5.41) is 0.880. The highest BCUT2D eigenvalue weighted by Gasteiger charge is 2.18. The van der Waals surface area contributed by atoms with Crippen LogP contribution in [-0.2, 0) is 11.8 Å². The molecule has 5 heteroatoms. The highest BCUT2D eigenvalue weighted by atomic mass is 32.2. The highest BCUT2D eigenvalue weighted by molar-refractivity contribution is 7.99. The molecule has 0 atom stereocenters. The average molecular weight is 313 g/mol. The molecule has 1 aromatic carbocycles. The molecule has 3 rings (SSSR count). The number of imidazole rings is 1. The van der Waals surface area contributed by atoms with Gasteiger partial charge in [0, 0.05) is 32.5 Å². The number of hydrogen-bond donors (Lipinski definition) is 0. The molecule has 22 heavy (non-hydrogen) atoms. The quantitative estimate of drug-likeness (QED) is 0.815. The number of hydrogen-bond acceptors (Lipinski definition) is 3. The molecular weight excluding hydrogens is 294 g/mol. The van der Waals surface area contributed by atoms with Crippen LogP contribution >= 0.6 is 11.8 Å². The summed E-state index contributed by atoms with van der Waals surface area (Å²) in [4.78, 5) is 18.4. The van der Waals surface area contributed by atoms with Gasteiger partial charge in [0.05, 0.1) is 5.75 Å². The van der Waals surface area contributed by atoms with Crippen molar-refractivity contribution in [2.75, 3.05) is 18.8 Å². The van der Waals surface area contributed by atoms with Crippen LogP contribution in [0.3, 0.4) is 0 Å². The Balaban J connectivity index is 1.55. The molecule has 0 saturated carbocycles. The summed E-state index contributed by atoms with van der Waals surface area (Å²) < 4.78 is 1.93. The molecule has 0 spiro atoms. The number of benzene rings is 1. The Hall–Kier alpha value is -2.01. The molecule has 0 saturated heterocycles. The molecule has 114 valence electrons. The number of thioether (sulfide) groups is 1. The molecule has 0 fully saturated rings. The summed E-state index contributed by atoms with van der Waals surface area (Å²) in [6.07, 6.45) is 6.73. The van der Waals surface area contributed by atoms with Crippen LogP contribution < -0.4 is 0 Å². The van der Waals surface area contributed by atoms with Gasteiger partial charge in [-0.3, -0.25) is 4.79 Å². The van der Waals surface area contributed by atoms with Gasteiger partial charge in [0.2, 0.25) is 5.91 Å². The monoisotopic (exact) mass is 313 g/mol. The zero-order valence-corrected chi connectivity index (χ0v) is 13.4. The van der Waals surface area contributed by atoms with Crippen molar-refractivity contribution in [1.82, 2.24) is 14.5 Å². The standard InChI is InChI=1S/C17H19N3OS/c1-19-12-9-18-17(19)22-13-16(21)20-10-7-15(8-11-20)14-5-3-2-4-6-14/h2-7,9,12H,8,10-11,13H2,1H3. The van der Waals surface area contributed by atoms with E-state index >= 15 is 0 Å². The summed E-state index contributed by atoms with van der Waals surface area (Å²) in [6, 6.07) is 10.4. The van der Waals surface area contributed by atoms with E-state index < -0.39 is 0 Å². The van der Waals surface area contributed by atoms with E-state index in [1.807, 2.05) is 28.8 Å². The van der Waals surface area contributed by atoms with Crippen molar-refractivity contribution in [3.8, 4) is 0 Å². The first kappa shape index (κ1) is 14.9. The van der Waals surface area contributed by atoms with Crippen molar-refractivity contribution in [2.24, 2.45) is 7.05 Å². The summed E-state index contributed by atoms with van der Waals surface area (Å²) in [5.41, 5.74) is 2.60. The van der Waals surface area contributed by atoms with Crippen LogP contribution in [-0.4, -0.2) is 39.2 Å². The Morgan fingerprint density at radius 3 is 2.77 bits per heavy atom. The van der Waals surface area contributed by atoms with Crippen molar-refractivity contribution in [1.29, 1.82) is 0 Å². The molecule has 4 nitrogen and oxygen atoms in total. The van der Waals surface area contributed by atoms with Crippen molar-refractivity contribution >= 4 is 23.2 Å². The second kappa shape index (κ2) is 6.83. The molecule has 0 bridgehead atoms. The van der Waals surface area contributed by atoms with E-state index in [0.29, 0.717) is 12.3 Å². The Morgan fingerprint density at radius 1 is 1.32 bits per heavy atom. The molecule has 1 aromatic heterocycles. The maximum atomic E-state index is 12.3. The zero-order valence-electron chi connectivity index (χ0n) is 12.6. The van der Waals surface area contributed by atoms with Crippen LogP contribution in [0.5, 0.6) is 0 Å². The van der Waals surface area contributed by atoms with Gasteiger partial charge in [-0.2, -0.15) is 0 Å². The third-order valence-electron chi connectivity index (χ3n) is 3.81. The number of aryl methyl sites for hydroxylation is 1. The van der Waals surface area contributed by atoms with Gasteiger partial charge >= 0.3 is 0 Å². The fourth-order valence-electron chi connectivity index (χ4n) is 2.52. The molecule has 0 aliphatic carbocycles. The lowest BCUT2D eigenvalue weighted by atomic mass is 10.00. The van der Waals surface area contributed by atoms with Gasteiger partial charge in [-0.15, -0.1) is 0 Å². The Morgan fingerprint density at radius 2 is 2.14 bits per heavy atom. The lowest BCUT2D eigenvalue weighted by molar-refractivity contribution is -0.127. The number of amides is 1. The summed E-state index contributed by atoms with van der Waals surface area (Å²) >= 11 is 1.49.